The van der Waals surface area contributed by atoms with E-state index in [2.05, 4.69) is 0 Å². The molecular formula is C14H28O4. The average Bonchev–Trinajstić information content (AvgIpc) is 2.30. The van der Waals surface area contributed by atoms with Crippen LogP contribution >= 0.6 is 0 Å². The summed E-state index contributed by atoms with van der Waals surface area (Å²) in [5, 5.41) is 0. The summed E-state index contributed by atoms with van der Waals surface area (Å²) >= 11 is 0. The Kier molecular flexibility index (Phi) is 11.3. The van der Waals surface area contributed by atoms with Gasteiger partial charge in [-0.2, -0.15) is 0 Å². The van der Waals surface area contributed by atoms with Crippen LogP contribution in [0.15, 0.2) is 0 Å². The van der Waals surface area contributed by atoms with E-state index in [1.165, 1.54) is 0 Å². The molecule has 0 radical (unpaired) electrons. The highest BCUT2D eigenvalue weighted by atomic mass is 16.5. The first-order valence-corrected chi connectivity index (χ1v) is 6.83. The van der Waals surface area contributed by atoms with Crippen molar-refractivity contribution in [1.29, 1.82) is 0 Å². The molecule has 0 spiro atoms. The lowest BCUT2D eigenvalue weighted by atomic mass is 10.1. The van der Waals surface area contributed by atoms with E-state index >= 15 is 0 Å². The van der Waals surface area contributed by atoms with Crippen molar-refractivity contribution in [3.8, 4) is 0 Å². The van der Waals surface area contributed by atoms with Crippen molar-refractivity contribution in [2.75, 3.05) is 33.0 Å². The van der Waals surface area contributed by atoms with Crippen molar-refractivity contribution in [3.63, 3.8) is 0 Å². The molecule has 0 aromatic rings. The molecule has 0 atom stereocenters. The molecule has 0 N–H and O–H groups in total. The van der Waals surface area contributed by atoms with Gasteiger partial charge >= 0.3 is 0 Å². The van der Waals surface area contributed by atoms with Gasteiger partial charge in [-0.05, 0) is 26.7 Å². The molecule has 0 aliphatic heterocycles. The molecule has 0 aromatic heterocycles. The van der Waals surface area contributed by atoms with Gasteiger partial charge in [0.15, 0.2) is 5.78 Å². The number of ether oxygens (including phenoxy) is 3. The van der Waals surface area contributed by atoms with E-state index in [4.69, 9.17) is 14.2 Å². The minimum Gasteiger partial charge on any atom is -0.381 e. The van der Waals surface area contributed by atoms with Crippen molar-refractivity contribution in [2.24, 2.45) is 5.92 Å². The largest absolute Gasteiger partial charge is 0.381 e. The maximum Gasteiger partial charge on any atom is 0.160 e. The molecule has 0 saturated carbocycles. The third-order valence-electron chi connectivity index (χ3n) is 2.35. The summed E-state index contributed by atoms with van der Waals surface area (Å²) in [6.45, 7) is 10.8. The van der Waals surface area contributed by atoms with Crippen LogP contribution in [0, 0.1) is 5.92 Å². The Labute approximate surface area is 111 Å². The number of ketones is 1. The van der Waals surface area contributed by atoms with Gasteiger partial charge in [0.25, 0.3) is 0 Å². The van der Waals surface area contributed by atoms with E-state index in [9.17, 15) is 4.79 Å². The second kappa shape index (κ2) is 11.6. The van der Waals surface area contributed by atoms with Crippen molar-refractivity contribution < 1.29 is 19.0 Å². The molecule has 0 aromatic carbocycles. The molecule has 0 aliphatic rings. The molecule has 4 nitrogen and oxygen atoms in total. The van der Waals surface area contributed by atoms with Crippen LogP contribution in [0.4, 0.5) is 0 Å². The smallest absolute Gasteiger partial charge is 0.160 e. The Morgan fingerprint density at radius 3 is 2.00 bits per heavy atom. The highest BCUT2D eigenvalue weighted by Crippen LogP contribution is 1.96. The monoisotopic (exact) mass is 260 g/mol. The highest BCUT2D eigenvalue weighted by Gasteiger charge is 2.06. The third kappa shape index (κ3) is 12.0. The van der Waals surface area contributed by atoms with Gasteiger partial charge in [0.2, 0.25) is 0 Å². The molecule has 0 unspecified atom stereocenters. The number of Topliss-reactive ketones (excluding diaryl/α,β-unsaturated/α-hetero) is 1. The molecule has 0 amide bonds. The summed E-state index contributed by atoms with van der Waals surface area (Å²) in [4.78, 5) is 11.2. The topological polar surface area (TPSA) is 44.8 Å². The molecule has 0 bridgehead atoms. The fourth-order valence-electron chi connectivity index (χ4n) is 1.18. The summed E-state index contributed by atoms with van der Waals surface area (Å²) in [5.74, 6) is 0.212. The van der Waals surface area contributed by atoms with Crippen LogP contribution in [-0.2, 0) is 19.0 Å². The normalized spacial score (nSPS) is 11.4. The van der Waals surface area contributed by atoms with Crippen molar-refractivity contribution >= 4 is 5.78 Å². The maximum absolute atomic E-state index is 11.2. The van der Waals surface area contributed by atoms with E-state index in [0.29, 0.717) is 13.2 Å². The molecular weight excluding hydrogens is 232 g/mol. The Hall–Kier alpha value is -0.450. The van der Waals surface area contributed by atoms with E-state index in [1.54, 1.807) is 0 Å². The lowest BCUT2D eigenvalue weighted by molar-refractivity contribution is -0.126. The minimum atomic E-state index is 0.0576. The highest BCUT2D eigenvalue weighted by molar-refractivity contribution is 5.81. The molecule has 4 heteroatoms. The summed E-state index contributed by atoms with van der Waals surface area (Å²) in [6, 6.07) is 0. The van der Waals surface area contributed by atoms with Crippen LogP contribution < -0.4 is 0 Å². The summed E-state index contributed by atoms with van der Waals surface area (Å²) in [7, 11) is 0. The lowest BCUT2D eigenvalue weighted by Crippen LogP contribution is -2.15. The zero-order chi connectivity index (χ0) is 13.8. The first kappa shape index (κ1) is 17.6. The zero-order valence-corrected chi connectivity index (χ0v) is 12.2. The SMILES string of the molecule is CC(C)OCCCOCCCOCC(=O)C(C)C. The van der Waals surface area contributed by atoms with Gasteiger partial charge in [-0.1, -0.05) is 13.8 Å². The zero-order valence-electron chi connectivity index (χ0n) is 12.2. The number of carbonyl (C=O) groups is 1. The van der Waals surface area contributed by atoms with Crippen molar-refractivity contribution in [3.05, 3.63) is 0 Å². The standard InChI is InChI=1S/C14H28O4/c1-12(2)14(15)11-17-9-5-7-16-8-6-10-18-13(3)4/h12-13H,5-11H2,1-4H3. The van der Waals surface area contributed by atoms with E-state index in [0.717, 1.165) is 26.1 Å². The van der Waals surface area contributed by atoms with E-state index < -0.39 is 0 Å². The Morgan fingerprint density at radius 2 is 1.44 bits per heavy atom. The van der Waals surface area contributed by atoms with Crippen LogP contribution in [0.2, 0.25) is 0 Å². The van der Waals surface area contributed by atoms with Gasteiger partial charge < -0.3 is 14.2 Å². The molecule has 18 heavy (non-hydrogen) atoms. The van der Waals surface area contributed by atoms with Gasteiger partial charge in [0.05, 0.1) is 6.10 Å². The fraction of sp³-hybridized carbons (Fsp3) is 0.929. The third-order valence-corrected chi connectivity index (χ3v) is 2.35. The summed E-state index contributed by atoms with van der Waals surface area (Å²) in [6.07, 6.45) is 2.04. The van der Waals surface area contributed by atoms with Crippen molar-refractivity contribution in [1.82, 2.24) is 0 Å². The van der Waals surface area contributed by atoms with Crippen molar-refractivity contribution in [2.45, 2.75) is 46.6 Å². The number of hydrogen-bond acceptors (Lipinski definition) is 4. The Balaban J connectivity index is 3.10. The first-order valence-electron chi connectivity index (χ1n) is 6.83. The van der Waals surface area contributed by atoms with Crippen LogP contribution in [-0.4, -0.2) is 44.9 Å². The average molecular weight is 260 g/mol. The molecule has 108 valence electrons. The van der Waals surface area contributed by atoms with Gasteiger partial charge in [0, 0.05) is 32.3 Å². The minimum absolute atomic E-state index is 0.0576. The van der Waals surface area contributed by atoms with E-state index in [1.807, 2.05) is 27.7 Å². The lowest BCUT2D eigenvalue weighted by Gasteiger charge is -2.08. The maximum atomic E-state index is 11.2. The molecule has 0 saturated heterocycles. The Morgan fingerprint density at radius 1 is 0.889 bits per heavy atom. The van der Waals surface area contributed by atoms with Gasteiger partial charge in [0.1, 0.15) is 6.61 Å². The second-order valence-electron chi connectivity index (χ2n) is 4.91. The second-order valence-corrected chi connectivity index (χ2v) is 4.91. The molecule has 0 aliphatic carbocycles. The number of carbonyl (C=O) groups excluding carboxylic acids is 1. The van der Waals surface area contributed by atoms with Crippen LogP contribution in [0.3, 0.4) is 0 Å². The van der Waals surface area contributed by atoms with Crippen LogP contribution in [0.1, 0.15) is 40.5 Å². The van der Waals surface area contributed by atoms with E-state index in [-0.39, 0.29) is 24.4 Å². The first-order chi connectivity index (χ1) is 8.54. The van der Waals surface area contributed by atoms with Crippen LogP contribution in [0.5, 0.6) is 0 Å². The quantitative estimate of drug-likeness (QED) is 0.506. The van der Waals surface area contributed by atoms with Gasteiger partial charge in [-0.25, -0.2) is 0 Å². The predicted octanol–water partition coefficient (Wildman–Crippen LogP) is 2.45. The number of rotatable bonds is 12. The molecule has 0 fully saturated rings. The Bertz CT molecular complexity index is 202. The summed E-state index contributed by atoms with van der Waals surface area (Å²) < 4.78 is 16.1. The number of hydrogen-bond donors (Lipinski definition) is 0. The fourth-order valence-corrected chi connectivity index (χ4v) is 1.18. The predicted molar refractivity (Wildman–Crippen MR) is 71.8 cm³/mol. The van der Waals surface area contributed by atoms with Gasteiger partial charge in [-0.15, -0.1) is 0 Å². The molecule has 0 heterocycles. The van der Waals surface area contributed by atoms with Crippen LogP contribution in [0.25, 0.3) is 0 Å². The van der Waals surface area contributed by atoms with Gasteiger partial charge in [-0.3, -0.25) is 4.79 Å². The molecule has 0 rings (SSSR count). The summed E-state index contributed by atoms with van der Waals surface area (Å²) in [5.41, 5.74) is 0.